The SMILES string of the molecule is COc1cc([C@H](N2CCNCC2)C(F)(F)CO)cc(C(F)(F)F)c1.Cl. The van der Waals surface area contributed by atoms with Crippen LogP contribution in [0.3, 0.4) is 0 Å². The van der Waals surface area contributed by atoms with E-state index in [-0.39, 0.29) is 36.8 Å². The second kappa shape index (κ2) is 8.48. The van der Waals surface area contributed by atoms with E-state index in [9.17, 15) is 22.0 Å². The maximum atomic E-state index is 14.3. The molecule has 1 aliphatic heterocycles. The number of methoxy groups -OCH3 is 1. The van der Waals surface area contributed by atoms with Crippen LogP contribution >= 0.6 is 12.4 Å². The molecule has 2 rings (SSSR count). The van der Waals surface area contributed by atoms with Crippen molar-refractivity contribution < 1.29 is 31.8 Å². The van der Waals surface area contributed by atoms with Crippen molar-refractivity contribution in [3.05, 3.63) is 29.3 Å². The molecule has 0 unspecified atom stereocenters. The number of halogens is 6. The molecule has 1 aromatic rings. The van der Waals surface area contributed by atoms with Crippen molar-refractivity contribution >= 4 is 12.4 Å². The molecule has 144 valence electrons. The van der Waals surface area contributed by atoms with Crippen LogP contribution in [0.1, 0.15) is 17.2 Å². The van der Waals surface area contributed by atoms with Gasteiger partial charge in [-0.05, 0) is 23.8 Å². The van der Waals surface area contributed by atoms with Crippen molar-refractivity contribution in [2.24, 2.45) is 0 Å². The molecule has 0 amide bonds. The number of hydrogen-bond donors (Lipinski definition) is 2. The van der Waals surface area contributed by atoms with Gasteiger partial charge >= 0.3 is 6.18 Å². The van der Waals surface area contributed by atoms with Gasteiger partial charge in [-0.1, -0.05) is 0 Å². The second-order valence-electron chi connectivity index (χ2n) is 5.60. The van der Waals surface area contributed by atoms with Gasteiger partial charge in [-0.25, -0.2) is 8.78 Å². The smallest absolute Gasteiger partial charge is 0.416 e. The van der Waals surface area contributed by atoms with Crippen molar-refractivity contribution in [1.29, 1.82) is 0 Å². The Hall–Kier alpha value is -1.16. The predicted octanol–water partition coefficient (Wildman–Crippen LogP) is 2.71. The van der Waals surface area contributed by atoms with Crippen molar-refractivity contribution in [1.82, 2.24) is 10.2 Å². The second-order valence-corrected chi connectivity index (χ2v) is 5.60. The summed E-state index contributed by atoms with van der Waals surface area (Å²) in [6.07, 6.45) is -4.69. The van der Waals surface area contributed by atoms with E-state index in [0.29, 0.717) is 19.2 Å². The maximum Gasteiger partial charge on any atom is 0.416 e. The van der Waals surface area contributed by atoms with Gasteiger partial charge in [0.05, 0.1) is 12.7 Å². The van der Waals surface area contributed by atoms with Crippen LogP contribution in [0.4, 0.5) is 22.0 Å². The molecule has 0 aromatic heterocycles. The summed E-state index contributed by atoms with van der Waals surface area (Å²) in [6.45, 7) is -0.111. The molecule has 2 N–H and O–H groups in total. The van der Waals surface area contributed by atoms with E-state index in [4.69, 9.17) is 9.84 Å². The van der Waals surface area contributed by atoms with Crippen molar-refractivity contribution in [2.45, 2.75) is 18.1 Å². The van der Waals surface area contributed by atoms with E-state index in [1.807, 2.05) is 0 Å². The van der Waals surface area contributed by atoms with Gasteiger partial charge in [0.25, 0.3) is 5.92 Å². The van der Waals surface area contributed by atoms with Gasteiger partial charge in [0.1, 0.15) is 18.4 Å². The summed E-state index contributed by atoms with van der Waals surface area (Å²) in [5.74, 6) is -3.75. The van der Waals surface area contributed by atoms with Gasteiger partial charge in [0.15, 0.2) is 0 Å². The van der Waals surface area contributed by atoms with E-state index in [2.05, 4.69) is 5.32 Å². The van der Waals surface area contributed by atoms with Crippen LogP contribution in [-0.4, -0.2) is 55.8 Å². The molecule has 0 aliphatic carbocycles. The van der Waals surface area contributed by atoms with Gasteiger partial charge in [0, 0.05) is 26.2 Å². The Morgan fingerprint density at radius 1 is 1.16 bits per heavy atom. The number of rotatable bonds is 5. The molecule has 0 radical (unpaired) electrons. The molecule has 25 heavy (non-hydrogen) atoms. The monoisotopic (exact) mass is 390 g/mol. The molecule has 1 fully saturated rings. The first-order chi connectivity index (χ1) is 11.2. The summed E-state index contributed by atoms with van der Waals surface area (Å²) in [5.41, 5.74) is -1.30. The minimum atomic E-state index is -4.69. The lowest BCUT2D eigenvalue weighted by molar-refractivity contribution is -0.138. The maximum absolute atomic E-state index is 14.3. The summed E-state index contributed by atoms with van der Waals surface area (Å²) < 4.78 is 72.6. The van der Waals surface area contributed by atoms with Crippen LogP contribution in [0, 0.1) is 0 Å². The fraction of sp³-hybridized carbons (Fsp3) is 0.600. The molecular weight excluding hydrogens is 371 g/mol. The van der Waals surface area contributed by atoms with Gasteiger partial charge in [-0.15, -0.1) is 12.4 Å². The third kappa shape index (κ3) is 5.16. The lowest BCUT2D eigenvalue weighted by Crippen LogP contribution is -2.51. The fourth-order valence-electron chi connectivity index (χ4n) is 2.81. The highest BCUT2D eigenvalue weighted by Crippen LogP contribution is 2.40. The number of nitrogens with one attached hydrogen (secondary N) is 1. The number of hydrogen-bond acceptors (Lipinski definition) is 4. The summed E-state index contributed by atoms with van der Waals surface area (Å²) in [6, 6.07) is 0.945. The largest absolute Gasteiger partial charge is 0.497 e. The first-order valence-electron chi connectivity index (χ1n) is 7.38. The average molecular weight is 391 g/mol. The first-order valence-corrected chi connectivity index (χ1v) is 7.38. The number of aliphatic hydroxyl groups excluding tert-OH is 1. The quantitative estimate of drug-likeness (QED) is 0.759. The van der Waals surface area contributed by atoms with Gasteiger partial charge in [0.2, 0.25) is 0 Å². The Balaban J connectivity index is 0.00000312. The molecule has 0 bridgehead atoms. The third-order valence-electron chi connectivity index (χ3n) is 3.94. The molecule has 4 nitrogen and oxygen atoms in total. The number of piperazine rings is 1. The molecule has 10 heteroatoms. The van der Waals surface area contributed by atoms with Gasteiger partial charge in [-0.2, -0.15) is 13.2 Å². The Morgan fingerprint density at radius 2 is 1.76 bits per heavy atom. The first kappa shape index (κ1) is 21.9. The lowest BCUT2D eigenvalue weighted by Gasteiger charge is -2.39. The molecule has 1 aromatic carbocycles. The van der Waals surface area contributed by atoms with Crippen molar-refractivity contribution in [3.8, 4) is 5.75 Å². The number of ether oxygens (including phenoxy) is 1. The zero-order valence-corrected chi connectivity index (χ0v) is 14.3. The fourth-order valence-corrected chi connectivity index (χ4v) is 2.81. The van der Waals surface area contributed by atoms with Crippen molar-refractivity contribution in [3.63, 3.8) is 0 Å². The van der Waals surface area contributed by atoms with E-state index in [0.717, 1.165) is 12.1 Å². The Kier molecular flexibility index (Phi) is 7.42. The van der Waals surface area contributed by atoms with Crippen molar-refractivity contribution in [2.75, 3.05) is 39.9 Å². The Labute approximate surface area is 148 Å². The molecule has 0 saturated carbocycles. The number of alkyl halides is 5. The molecule has 1 atom stereocenters. The predicted molar refractivity (Wildman–Crippen MR) is 84.5 cm³/mol. The molecule has 1 heterocycles. The normalized spacial score (nSPS) is 17.7. The summed E-state index contributed by atoms with van der Waals surface area (Å²) in [4.78, 5) is 1.38. The van der Waals surface area contributed by atoms with Crippen LogP contribution in [0.2, 0.25) is 0 Å². The number of aliphatic hydroxyl groups is 1. The van der Waals surface area contributed by atoms with Crippen LogP contribution in [-0.2, 0) is 6.18 Å². The Morgan fingerprint density at radius 3 is 2.24 bits per heavy atom. The summed E-state index contributed by atoms with van der Waals surface area (Å²) >= 11 is 0. The van der Waals surface area contributed by atoms with E-state index in [1.54, 1.807) is 0 Å². The van der Waals surface area contributed by atoms with Crippen LogP contribution < -0.4 is 10.1 Å². The lowest BCUT2D eigenvalue weighted by atomic mass is 9.96. The van der Waals surface area contributed by atoms with Crippen LogP contribution in [0.5, 0.6) is 5.75 Å². The average Bonchev–Trinajstić information content (AvgIpc) is 2.54. The highest BCUT2D eigenvalue weighted by molar-refractivity contribution is 5.85. The summed E-state index contributed by atoms with van der Waals surface area (Å²) in [5, 5.41) is 12.1. The number of benzene rings is 1. The zero-order valence-electron chi connectivity index (χ0n) is 13.4. The Bertz CT molecular complexity index is 565. The topological polar surface area (TPSA) is 44.7 Å². The third-order valence-corrected chi connectivity index (χ3v) is 3.94. The van der Waals surface area contributed by atoms with E-state index in [1.165, 1.54) is 12.0 Å². The van der Waals surface area contributed by atoms with E-state index >= 15 is 0 Å². The minimum Gasteiger partial charge on any atom is -0.497 e. The molecule has 1 saturated heterocycles. The number of nitrogens with zero attached hydrogens (tertiary/aromatic N) is 1. The summed E-state index contributed by atoms with van der Waals surface area (Å²) in [7, 11) is 1.17. The van der Waals surface area contributed by atoms with Gasteiger partial charge < -0.3 is 15.2 Å². The molecule has 0 spiro atoms. The standard InChI is InChI=1S/C15H19F5N2O2.ClH/c1-24-12-7-10(6-11(8-12)15(18,19)20)13(14(16,17)9-23)22-4-2-21-3-5-22;/h6-8,13,21,23H,2-5,9H2,1H3;1H/t13-;/m0./s1. The molecular formula is C15H20ClF5N2O2. The highest BCUT2D eigenvalue weighted by Gasteiger charge is 2.45. The zero-order chi connectivity index (χ0) is 18.0. The van der Waals surface area contributed by atoms with Crippen LogP contribution in [0.25, 0.3) is 0 Å². The molecule has 1 aliphatic rings. The minimum absolute atomic E-state index is 0. The van der Waals surface area contributed by atoms with E-state index < -0.39 is 30.3 Å². The van der Waals surface area contributed by atoms with Crippen LogP contribution in [0.15, 0.2) is 18.2 Å². The highest BCUT2D eigenvalue weighted by atomic mass is 35.5. The van der Waals surface area contributed by atoms with Gasteiger partial charge in [-0.3, -0.25) is 4.90 Å².